The van der Waals surface area contributed by atoms with Crippen LogP contribution in [0, 0.1) is 11.8 Å². The second-order valence-electron chi connectivity index (χ2n) is 6.56. The lowest BCUT2D eigenvalue weighted by Crippen LogP contribution is -2.33. The molecule has 2 rings (SSSR count). The van der Waals surface area contributed by atoms with E-state index < -0.39 is 0 Å². The minimum Gasteiger partial charge on any atom is -0.314 e. The first-order valence-electron chi connectivity index (χ1n) is 8.13. The Labute approximate surface area is 129 Å². The van der Waals surface area contributed by atoms with Gasteiger partial charge in [0.25, 0.3) is 0 Å². The van der Waals surface area contributed by atoms with Gasteiger partial charge < -0.3 is 5.32 Å². The van der Waals surface area contributed by atoms with Crippen LogP contribution in [-0.4, -0.2) is 12.6 Å². The van der Waals surface area contributed by atoms with Crippen LogP contribution in [0.15, 0.2) is 24.3 Å². The zero-order valence-corrected chi connectivity index (χ0v) is 13.6. The molecular weight excluding hydrogens is 266 g/mol. The van der Waals surface area contributed by atoms with Gasteiger partial charge in [-0.2, -0.15) is 0 Å². The summed E-state index contributed by atoms with van der Waals surface area (Å²) in [6, 6.07) is 9.00. The molecule has 0 bridgehead atoms. The average molecular weight is 294 g/mol. The van der Waals surface area contributed by atoms with Gasteiger partial charge in [0.05, 0.1) is 0 Å². The van der Waals surface area contributed by atoms with Gasteiger partial charge in [-0.05, 0) is 55.3 Å². The average Bonchev–Trinajstić information content (AvgIpc) is 2.62. The molecule has 1 fully saturated rings. The molecule has 1 N–H and O–H groups in total. The minimum atomic E-state index is 0.588. The molecule has 1 aliphatic rings. The second kappa shape index (κ2) is 8.05. The number of hydrogen-bond donors (Lipinski definition) is 1. The molecule has 1 aromatic carbocycles. The topological polar surface area (TPSA) is 12.0 Å². The lowest BCUT2D eigenvalue weighted by Gasteiger charge is -2.26. The van der Waals surface area contributed by atoms with Crippen LogP contribution in [0.5, 0.6) is 0 Å². The third-order valence-electron chi connectivity index (χ3n) is 4.49. The summed E-state index contributed by atoms with van der Waals surface area (Å²) in [5.41, 5.74) is 1.40. The first-order valence-corrected chi connectivity index (χ1v) is 8.51. The summed E-state index contributed by atoms with van der Waals surface area (Å²) in [7, 11) is 0. The van der Waals surface area contributed by atoms with E-state index in [9.17, 15) is 0 Å². The Balaban J connectivity index is 2.00. The Morgan fingerprint density at radius 3 is 2.60 bits per heavy atom. The molecular formula is C18H28ClN. The molecule has 2 atom stereocenters. The van der Waals surface area contributed by atoms with Crippen LogP contribution in [0.1, 0.15) is 51.5 Å². The van der Waals surface area contributed by atoms with Crippen molar-refractivity contribution in [3.05, 3.63) is 34.9 Å². The van der Waals surface area contributed by atoms with E-state index in [1.165, 1.54) is 50.6 Å². The van der Waals surface area contributed by atoms with Crippen molar-refractivity contribution < 1.29 is 0 Å². The number of nitrogens with one attached hydrogen (secondary N) is 1. The molecule has 2 heteroatoms. The largest absolute Gasteiger partial charge is 0.314 e. The van der Waals surface area contributed by atoms with Crippen molar-refractivity contribution in [2.75, 3.05) is 6.54 Å². The van der Waals surface area contributed by atoms with Gasteiger partial charge in [0.2, 0.25) is 0 Å². The maximum atomic E-state index is 6.12. The first-order chi connectivity index (χ1) is 9.65. The van der Waals surface area contributed by atoms with Crippen LogP contribution in [-0.2, 0) is 6.42 Å². The standard InChI is InChI=1S/C18H28ClN/c1-14(2)20-13-17-9-5-3-4-8-16(17)11-15-7-6-10-18(19)12-15/h6-7,10,12,14,16-17,20H,3-5,8-9,11,13H2,1-2H3. The predicted octanol–water partition coefficient (Wildman–Crippen LogP) is 5.08. The Bertz CT molecular complexity index is 402. The fraction of sp³-hybridized carbons (Fsp3) is 0.667. The predicted molar refractivity (Wildman–Crippen MR) is 88.4 cm³/mol. The van der Waals surface area contributed by atoms with Gasteiger partial charge in [0.1, 0.15) is 0 Å². The van der Waals surface area contributed by atoms with Gasteiger partial charge in [-0.25, -0.2) is 0 Å². The van der Waals surface area contributed by atoms with Gasteiger partial charge in [-0.3, -0.25) is 0 Å². The Morgan fingerprint density at radius 2 is 1.90 bits per heavy atom. The summed E-state index contributed by atoms with van der Waals surface area (Å²) in [6.45, 7) is 5.65. The highest BCUT2D eigenvalue weighted by Crippen LogP contribution is 2.31. The molecule has 0 aliphatic heterocycles. The van der Waals surface area contributed by atoms with E-state index >= 15 is 0 Å². The summed E-state index contributed by atoms with van der Waals surface area (Å²) in [5, 5.41) is 4.51. The van der Waals surface area contributed by atoms with Crippen molar-refractivity contribution in [2.24, 2.45) is 11.8 Å². The van der Waals surface area contributed by atoms with Gasteiger partial charge >= 0.3 is 0 Å². The molecule has 0 spiro atoms. The molecule has 2 unspecified atom stereocenters. The molecule has 1 nitrogen and oxygen atoms in total. The molecule has 20 heavy (non-hydrogen) atoms. The van der Waals surface area contributed by atoms with Gasteiger partial charge in [0, 0.05) is 11.1 Å². The number of rotatable bonds is 5. The van der Waals surface area contributed by atoms with Crippen molar-refractivity contribution in [3.63, 3.8) is 0 Å². The van der Waals surface area contributed by atoms with Gasteiger partial charge in [-0.1, -0.05) is 56.8 Å². The molecule has 112 valence electrons. The van der Waals surface area contributed by atoms with Crippen molar-refractivity contribution >= 4 is 11.6 Å². The second-order valence-corrected chi connectivity index (χ2v) is 6.99. The third kappa shape index (κ3) is 5.10. The lowest BCUT2D eigenvalue weighted by molar-refractivity contribution is 0.291. The highest BCUT2D eigenvalue weighted by Gasteiger charge is 2.23. The summed E-state index contributed by atoms with van der Waals surface area (Å²) < 4.78 is 0. The van der Waals surface area contributed by atoms with Gasteiger partial charge in [0.15, 0.2) is 0 Å². The Hall–Kier alpha value is -0.530. The van der Waals surface area contributed by atoms with E-state index in [0.29, 0.717) is 6.04 Å². The van der Waals surface area contributed by atoms with Crippen LogP contribution in [0.4, 0.5) is 0 Å². The molecule has 0 heterocycles. The smallest absolute Gasteiger partial charge is 0.0408 e. The lowest BCUT2D eigenvalue weighted by atomic mass is 9.83. The Morgan fingerprint density at radius 1 is 1.15 bits per heavy atom. The van der Waals surface area contributed by atoms with E-state index in [0.717, 1.165) is 16.9 Å². The quantitative estimate of drug-likeness (QED) is 0.747. The van der Waals surface area contributed by atoms with Crippen molar-refractivity contribution in [3.8, 4) is 0 Å². The molecule has 1 saturated carbocycles. The third-order valence-corrected chi connectivity index (χ3v) is 4.73. The van der Waals surface area contributed by atoms with E-state index in [1.54, 1.807) is 0 Å². The summed E-state index contributed by atoms with van der Waals surface area (Å²) in [6.07, 6.45) is 8.14. The van der Waals surface area contributed by atoms with E-state index in [2.05, 4.69) is 37.4 Å². The molecule has 1 aliphatic carbocycles. The van der Waals surface area contributed by atoms with Crippen molar-refractivity contribution in [1.29, 1.82) is 0 Å². The molecule has 0 amide bonds. The SMILES string of the molecule is CC(C)NCC1CCCCCC1Cc1cccc(Cl)c1. The fourth-order valence-corrected chi connectivity index (χ4v) is 3.57. The Kier molecular flexibility index (Phi) is 6.38. The van der Waals surface area contributed by atoms with Crippen molar-refractivity contribution in [1.82, 2.24) is 5.32 Å². The summed E-state index contributed by atoms with van der Waals surface area (Å²) in [5.74, 6) is 1.63. The maximum absolute atomic E-state index is 6.12. The van der Waals surface area contributed by atoms with Crippen LogP contribution in [0.2, 0.25) is 5.02 Å². The molecule has 0 radical (unpaired) electrons. The number of benzene rings is 1. The van der Waals surface area contributed by atoms with Gasteiger partial charge in [-0.15, -0.1) is 0 Å². The zero-order valence-electron chi connectivity index (χ0n) is 12.9. The molecule has 0 saturated heterocycles. The van der Waals surface area contributed by atoms with Crippen LogP contribution in [0.25, 0.3) is 0 Å². The van der Waals surface area contributed by atoms with E-state index in [4.69, 9.17) is 11.6 Å². The van der Waals surface area contributed by atoms with E-state index in [-0.39, 0.29) is 0 Å². The van der Waals surface area contributed by atoms with Crippen molar-refractivity contribution in [2.45, 2.75) is 58.4 Å². The number of halogens is 1. The highest BCUT2D eigenvalue weighted by atomic mass is 35.5. The molecule has 0 aromatic heterocycles. The molecule has 1 aromatic rings. The monoisotopic (exact) mass is 293 g/mol. The summed E-state index contributed by atoms with van der Waals surface area (Å²) >= 11 is 6.12. The zero-order chi connectivity index (χ0) is 14.4. The fourth-order valence-electron chi connectivity index (χ4n) is 3.35. The maximum Gasteiger partial charge on any atom is 0.0408 e. The minimum absolute atomic E-state index is 0.588. The van der Waals surface area contributed by atoms with Crippen LogP contribution < -0.4 is 5.32 Å². The van der Waals surface area contributed by atoms with Crippen LogP contribution in [0.3, 0.4) is 0 Å². The first kappa shape index (κ1) is 15.9. The highest BCUT2D eigenvalue weighted by molar-refractivity contribution is 6.30. The number of hydrogen-bond acceptors (Lipinski definition) is 1. The van der Waals surface area contributed by atoms with E-state index in [1.807, 2.05) is 6.07 Å². The van der Waals surface area contributed by atoms with Crippen LogP contribution >= 0.6 is 11.6 Å². The normalized spacial score (nSPS) is 23.8. The summed E-state index contributed by atoms with van der Waals surface area (Å²) in [4.78, 5) is 0.